The number of nitrogen functional groups attached to an aromatic ring is 1. The minimum absolute atomic E-state index is 0.828. The minimum atomic E-state index is 0.828. The molecule has 3 heteroatoms. The van der Waals surface area contributed by atoms with Gasteiger partial charge in [-0.2, -0.15) is 5.10 Å². The number of hydrogen-bond donors (Lipinski definition) is 1. The summed E-state index contributed by atoms with van der Waals surface area (Å²) in [7, 11) is 0. The van der Waals surface area contributed by atoms with Crippen molar-refractivity contribution in [1.82, 2.24) is 9.78 Å². The molecule has 0 radical (unpaired) electrons. The average molecular weight is 153 g/mol. The van der Waals surface area contributed by atoms with Crippen LogP contribution in [0, 0.1) is 0 Å². The standard InChI is InChI=1S/C8H15N3/c1-3-5-8-7(9)6-10-11(8)4-2/h6H,3-5,9H2,1-2H3. The molecule has 2 N–H and O–H groups in total. The maximum Gasteiger partial charge on any atom is 0.0733 e. The van der Waals surface area contributed by atoms with Gasteiger partial charge in [-0.1, -0.05) is 13.3 Å². The third-order valence-electron chi connectivity index (χ3n) is 1.77. The van der Waals surface area contributed by atoms with Crippen molar-refractivity contribution in [3.8, 4) is 0 Å². The van der Waals surface area contributed by atoms with Gasteiger partial charge in [0.2, 0.25) is 0 Å². The highest BCUT2D eigenvalue weighted by Gasteiger charge is 2.04. The zero-order valence-corrected chi connectivity index (χ0v) is 7.17. The fourth-order valence-electron chi connectivity index (χ4n) is 1.21. The van der Waals surface area contributed by atoms with Crippen LogP contribution in [0.15, 0.2) is 6.20 Å². The van der Waals surface area contributed by atoms with E-state index in [1.54, 1.807) is 6.20 Å². The molecular formula is C8H15N3. The Balaban J connectivity index is 2.88. The lowest BCUT2D eigenvalue weighted by Crippen LogP contribution is -2.03. The van der Waals surface area contributed by atoms with Gasteiger partial charge in [0.05, 0.1) is 17.6 Å². The monoisotopic (exact) mass is 153 g/mol. The largest absolute Gasteiger partial charge is 0.396 e. The lowest BCUT2D eigenvalue weighted by molar-refractivity contribution is 0.616. The zero-order chi connectivity index (χ0) is 8.27. The molecule has 0 fully saturated rings. The molecule has 1 aromatic rings. The van der Waals surface area contributed by atoms with Crippen LogP contribution in [0.4, 0.5) is 5.69 Å². The predicted molar refractivity (Wildman–Crippen MR) is 46.3 cm³/mol. The van der Waals surface area contributed by atoms with E-state index in [9.17, 15) is 0 Å². The molecule has 0 amide bonds. The lowest BCUT2D eigenvalue weighted by Gasteiger charge is -2.02. The maximum absolute atomic E-state index is 5.72. The van der Waals surface area contributed by atoms with Gasteiger partial charge in [-0.05, 0) is 13.3 Å². The molecule has 0 aliphatic heterocycles. The number of rotatable bonds is 3. The second-order valence-corrected chi connectivity index (χ2v) is 2.61. The Labute approximate surface area is 67.2 Å². The molecule has 1 rings (SSSR count). The van der Waals surface area contributed by atoms with Crippen molar-refractivity contribution in [3.05, 3.63) is 11.9 Å². The van der Waals surface area contributed by atoms with E-state index >= 15 is 0 Å². The van der Waals surface area contributed by atoms with Crippen LogP contribution < -0.4 is 5.73 Å². The van der Waals surface area contributed by atoms with Gasteiger partial charge in [-0.25, -0.2) is 0 Å². The zero-order valence-electron chi connectivity index (χ0n) is 7.17. The van der Waals surface area contributed by atoms with Gasteiger partial charge >= 0.3 is 0 Å². The minimum Gasteiger partial charge on any atom is -0.396 e. The number of nitrogens with zero attached hydrogens (tertiary/aromatic N) is 2. The molecule has 0 aliphatic carbocycles. The summed E-state index contributed by atoms with van der Waals surface area (Å²) in [4.78, 5) is 0. The molecule has 1 aromatic heterocycles. The fraction of sp³-hybridized carbons (Fsp3) is 0.625. The first-order valence-corrected chi connectivity index (χ1v) is 4.09. The van der Waals surface area contributed by atoms with E-state index in [-0.39, 0.29) is 0 Å². The number of aryl methyl sites for hydroxylation is 1. The summed E-state index contributed by atoms with van der Waals surface area (Å²) in [5.41, 5.74) is 7.72. The molecule has 0 unspecified atom stereocenters. The van der Waals surface area contributed by atoms with E-state index in [0.29, 0.717) is 0 Å². The molecule has 0 aromatic carbocycles. The van der Waals surface area contributed by atoms with E-state index in [2.05, 4.69) is 18.9 Å². The van der Waals surface area contributed by atoms with E-state index < -0.39 is 0 Å². The predicted octanol–water partition coefficient (Wildman–Crippen LogP) is 1.44. The Kier molecular flexibility index (Phi) is 2.52. The molecule has 0 atom stereocenters. The molecule has 0 saturated heterocycles. The van der Waals surface area contributed by atoms with Crippen LogP contribution in [0.2, 0.25) is 0 Å². The van der Waals surface area contributed by atoms with Crippen LogP contribution >= 0.6 is 0 Å². The summed E-state index contributed by atoms with van der Waals surface area (Å²) in [6.07, 6.45) is 3.88. The molecule has 62 valence electrons. The first-order valence-electron chi connectivity index (χ1n) is 4.09. The Morgan fingerprint density at radius 3 is 2.82 bits per heavy atom. The van der Waals surface area contributed by atoms with Crippen molar-refractivity contribution in [2.24, 2.45) is 0 Å². The van der Waals surface area contributed by atoms with Gasteiger partial charge in [-0.3, -0.25) is 4.68 Å². The van der Waals surface area contributed by atoms with Gasteiger partial charge < -0.3 is 5.73 Å². The topological polar surface area (TPSA) is 43.8 Å². The summed E-state index contributed by atoms with van der Waals surface area (Å²) in [6.45, 7) is 5.13. The van der Waals surface area contributed by atoms with Gasteiger partial charge in [0.25, 0.3) is 0 Å². The molecule has 0 bridgehead atoms. The van der Waals surface area contributed by atoms with E-state index in [1.165, 1.54) is 5.69 Å². The van der Waals surface area contributed by atoms with Crippen LogP contribution in [0.25, 0.3) is 0 Å². The molecule has 11 heavy (non-hydrogen) atoms. The van der Waals surface area contributed by atoms with E-state index in [0.717, 1.165) is 25.1 Å². The number of aromatic nitrogens is 2. The molecule has 0 saturated carbocycles. The van der Waals surface area contributed by atoms with Crippen LogP contribution in [-0.2, 0) is 13.0 Å². The summed E-state index contributed by atoms with van der Waals surface area (Å²) < 4.78 is 1.96. The SMILES string of the molecule is CCCc1c(N)cnn1CC. The van der Waals surface area contributed by atoms with Crippen LogP contribution in [0.5, 0.6) is 0 Å². The Morgan fingerprint density at radius 2 is 2.27 bits per heavy atom. The van der Waals surface area contributed by atoms with Crippen molar-refractivity contribution in [2.75, 3.05) is 5.73 Å². The highest BCUT2D eigenvalue weighted by atomic mass is 15.3. The summed E-state index contributed by atoms with van der Waals surface area (Å²) >= 11 is 0. The molecule has 0 aliphatic rings. The third kappa shape index (κ3) is 1.53. The smallest absolute Gasteiger partial charge is 0.0733 e. The molecule has 3 nitrogen and oxygen atoms in total. The van der Waals surface area contributed by atoms with Crippen LogP contribution in [-0.4, -0.2) is 9.78 Å². The number of anilines is 1. The second kappa shape index (κ2) is 3.42. The lowest BCUT2D eigenvalue weighted by atomic mass is 10.2. The van der Waals surface area contributed by atoms with E-state index in [4.69, 9.17) is 5.73 Å². The number of hydrogen-bond acceptors (Lipinski definition) is 2. The van der Waals surface area contributed by atoms with Crippen LogP contribution in [0.3, 0.4) is 0 Å². The van der Waals surface area contributed by atoms with Gasteiger partial charge in [0.15, 0.2) is 0 Å². The maximum atomic E-state index is 5.72. The van der Waals surface area contributed by atoms with Crippen molar-refractivity contribution in [1.29, 1.82) is 0 Å². The highest BCUT2D eigenvalue weighted by Crippen LogP contribution is 2.12. The van der Waals surface area contributed by atoms with E-state index in [1.807, 2.05) is 4.68 Å². The van der Waals surface area contributed by atoms with Crippen molar-refractivity contribution in [2.45, 2.75) is 33.2 Å². The number of nitrogens with two attached hydrogens (primary N) is 1. The molecule has 1 heterocycles. The first-order chi connectivity index (χ1) is 5.29. The molecular weight excluding hydrogens is 138 g/mol. The first kappa shape index (κ1) is 8.11. The summed E-state index contributed by atoms with van der Waals surface area (Å²) in [5, 5.41) is 4.14. The van der Waals surface area contributed by atoms with Crippen molar-refractivity contribution < 1.29 is 0 Å². The summed E-state index contributed by atoms with van der Waals surface area (Å²) in [5.74, 6) is 0. The normalized spacial score (nSPS) is 10.4. The van der Waals surface area contributed by atoms with Crippen molar-refractivity contribution >= 4 is 5.69 Å². The fourth-order valence-corrected chi connectivity index (χ4v) is 1.21. The highest BCUT2D eigenvalue weighted by molar-refractivity contribution is 5.40. The quantitative estimate of drug-likeness (QED) is 0.714. The third-order valence-corrected chi connectivity index (χ3v) is 1.77. The Bertz CT molecular complexity index is 227. The second-order valence-electron chi connectivity index (χ2n) is 2.61. The summed E-state index contributed by atoms with van der Waals surface area (Å²) in [6, 6.07) is 0. The molecule has 0 spiro atoms. The van der Waals surface area contributed by atoms with Gasteiger partial charge in [-0.15, -0.1) is 0 Å². The van der Waals surface area contributed by atoms with Gasteiger partial charge in [0.1, 0.15) is 0 Å². The van der Waals surface area contributed by atoms with Crippen molar-refractivity contribution in [3.63, 3.8) is 0 Å². The Hall–Kier alpha value is -0.990. The van der Waals surface area contributed by atoms with Gasteiger partial charge in [0, 0.05) is 6.54 Å². The Morgan fingerprint density at radius 1 is 1.55 bits per heavy atom. The average Bonchev–Trinajstić information content (AvgIpc) is 2.34. The van der Waals surface area contributed by atoms with Crippen LogP contribution in [0.1, 0.15) is 26.0 Å².